The lowest BCUT2D eigenvalue weighted by atomic mass is 10.0. The molecule has 0 saturated carbocycles. The van der Waals surface area contributed by atoms with Crippen molar-refractivity contribution in [3.63, 3.8) is 0 Å². The van der Waals surface area contributed by atoms with Gasteiger partial charge in [0, 0.05) is 24.0 Å². The summed E-state index contributed by atoms with van der Waals surface area (Å²) < 4.78 is 23.0. The van der Waals surface area contributed by atoms with Gasteiger partial charge in [-0.15, -0.1) is 5.10 Å². The molecule has 1 atom stereocenters. The van der Waals surface area contributed by atoms with E-state index in [0.717, 1.165) is 17.0 Å². The maximum absolute atomic E-state index is 14.3. The lowest BCUT2D eigenvalue weighted by Gasteiger charge is -2.36. The predicted octanol–water partition coefficient (Wildman–Crippen LogP) is 1.82. The maximum atomic E-state index is 14.3. The summed E-state index contributed by atoms with van der Waals surface area (Å²) >= 11 is 0. The molecule has 1 fully saturated rings. The van der Waals surface area contributed by atoms with Crippen LogP contribution in [0.3, 0.4) is 0 Å². The second kappa shape index (κ2) is 7.51. The van der Waals surface area contributed by atoms with E-state index in [0.29, 0.717) is 25.4 Å². The monoisotopic (exact) mass is 384 g/mol. The average Bonchev–Trinajstić information content (AvgIpc) is 3.30. The summed E-state index contributed by atoms with van der Waals surface area (Å²) in [6.45, 7) is 5.18. The Morgan fingerprint density at radius 1 is 1.32 bits per heavy atom. The standard InChI is InChI=1S/C19H21FN6O2/c1-13-19(14(2)26(22-13)16-6-4-3-5-15(16)20)17-12-28-10-9-25(17)18(27)11-24-8-7-21-23-24/h3-8,17H,9-12H2,1-2H3/t17-/m0/s1. The fraction of sp³-hybridized carbons (Fsp3) is 0.368. The van der Waals surface area contributed by atoms with E-state index in [1.54, 1.807) is 34.0 Å². The van der Waals surface area contributed by atoms with E-state index in [4.69, 9.17) is 4.74 Å². The number of carbonyl (C=O) groups excluding carboxylic acids is 1. The number of carbonyl (C=O) groups is 1. The van der Waals surface area contributed by atoms with Crippen LogP contribution in [0.15, 0.2) is 36.7 Å². The Balaban J connectivity index is 1.68. The molecule has 1 saturated heterocycles. The van der Waals surface area contributed by atoms with Gasteiger partial charge in [-0.2, -0.15) is 5.10 Å². The summed E-state index contributed by atoms with van der Waals surface area (Å²) in [6.07, 6.45) is 3.19. The largest absolute Gasteiger partial charge is 0.377 e. The summed E-state index contributed by atoms with van der Waals surface area (Å²) in [4.78, 5) is 14.7. The van der Waals surface area contributed by atoms with Crippen LogP contribution in [0.5, 0.6) is 0 Å². The summed E-state index contributed by atoms with van der Waals surface area (Å²) in [5.41, 5.74) is 2.80. The highest BCUT2D eigenvalue weighted by Gasteiger charge is 2.33. The van der Waals surface area contributed by atoms with Gasteiger partial charge >= 0.3 is 0 Å². The van der Waals surface area contributed by atoms with E-state index in [1.165, 1.54) is 16.9 Å². The van der Waals surface area contributed by atoms with Crippen molar-refractivity contribution in [1.29, 1.82) is 0 Å². The van der Waals surface area contributed by atoms with E-state index in [1.807, 2.05) is 13.8 Å². The molecule has 0 bridgehead atoms. The number of ether oxygens (including phenoxy) is 1. The van der Waals surface area contributed by atoms with Gasteiger partial charge < -0.3 is 9.64 Å². The molecule has 1 aromatic carbocycles. The zero-order chi connectivity index (χ0) is 19.7. The zero-order valence-electron chi connectivity index (χ0n) is 15.7. The van der Waals surface area contributed by atoms with Gasteiger partial charge in [0.05, 0.1) is 31.1 Å². The van der Waals surface area contributed by atoms with E-state index < -0.39 is 0 Å². The quantitative estimate of drug-likeness (QED) is 0.686. The molecule has 0 unspecified atom stereocenters. The van der Waals surface area contributed by atoms with Crippen molar-refractivity contribution in [3.8, 4) is 5.69 Å². The van der Waals surface area contributed by atoms with Gasteiger partial charge in [0.2, 0.25) is 5.91 Å². The number of nitrogens with zero attached hydrogens (tertiary/aromatic N) is 6. The molecule has 8 nitrogen and oxygen atoms in total. The Bertz CT molecular complexity index is 984. The van der Waals surface area contributed by atoms with E-state index in [-0.39, 0.29) is 24.3 Å². The predicted molar refractivity (Wildman–Crippen MR) is 98.3 cm³/mol. The summed E-state index contributed by atoms with van der Waals surface area (Å²) in [6, 6.07) is 6.22. The Hall–Kier alpha value is -3.07. The third-order valence-electron chi connectivity index (χ3n) is 4.98. The van der Waals surface area contributed by atoms with Crippen LogP contribution in [0.2, 0.25) is 0 Å². The van der Waals surface area contributed by atoms with Gasteiger partial charge in [-0.3, -0.25) is 4.79 Å². The van der Waals surface area contributed by atoms with Gasteiger partial charge in [-0.25, -0.2) is 13.8 Å². The minimum absolute atomic E-state index is 0.0729. The first-order valence-corrected chi connectivity index (χ1v) is 9.08. The lowest BCUT2D eigenvalue weighted by molar-refractivity contribution is -0.141. The first-order chi connectivity index (χ1) is 13.6. The van der Waals surface area contributed by atoms with Crippen molar-refractivity contribution in [3.05, 3.63) is 59.4 Å². The fourth-order valence-electron chi connectivity index (χ4n) is 3.68. The normalized spacial score (nSPS) is 17.1. The number of amides is 1. The second-order valence-electron chi connectivity index (χ2n) is 6.73. The molecule has 0 N–H and O–H groups in total. The highest BCUT2D eigenvalue weighted by Crippen LogP contribution is 2.31. The molecular formula is C19H21FN6O2. The molecule has 9 heteroatoms. The molecule has 4 rings (SSSR count). The number of morpholine rings is 1. The van der Waals surface area contributed by atoms with Gasteiger partial charge in [0.15, 0.2) is 0 Å². The van der Waals surface area contributed by atoms with Crippen LogP contribution in [-0.4, -0.2) is 55.3 Å². The van der Waals surface area contributed by atoms with Crippen LogP contribution in [0, 0.1) is 19.7 Å². The Morgan fingerprint density at radius 3 is 2.89 bits per heavy atom. The molecule has 3 heterocycles. The molecule has 1 amide bonds. The Labute approximate surface area is 161 Å². The van der Waals surface area contributed by atoms with Crippen molar-refractivity contribution in [2.75, 3.05) is 19.8 Å². The van der Waals surface area contributed by atoms with Crippen LogP contribution in [-0.2, 0) is 16.1 Å². The smallest absolute Gasteiger partial charge is 0.245 e. The molecule has 1 aliphatic rings. The number of benzene rings is 1. The van der Waals surface area contributed by atoms with Crippen LogP contribution in [0.1, 0.15) is 23.0 Å². The van der Waals surface area contributed by atoms with Gasteiger partial charge in [0.1, 0.15) is 18.0 Å². The number of hydrogen-bond acceptors (Lipinski definition) is 5. The van der Waals surface area contributed by atoms with E-state index in [9.17, 15) is 9.18 Å². The first-order valence-electron chi connectivity index (χ1n) is 9.08. The van der Waals surface area contributed by atoms with Crippen molar-refractivity contribution < 1.29 is 13.9 Å². The molecule has 2 aromatic heterocycles. The van der Waals surface area contributed by atoms with Crippen LogP contribution < -0.4 is 0 Å². The van der Waals surface area contributed by atoms with E-state index in [2.05, 4.69) is 15.4 Å². The van der Waals surface area contributed by atoms with Gasteiger partial charge in [0.25, 0.3) is 0 Å². The minimum atomic E-state index is -0.348. The van der Waals surface area contributed by atoms with Gasteiger partial charge in [-0.05, 0) is 26.0 Å². The Morgan fingerprint density at radius 2 is 2.14 bits per heavy atom. The topological polar surface area (TPSA) is 78.1 Å². The highest BCUT2D eigenvalue weighted by atomic mass is 19.1. The number of rotatable bonds is 4. The second-order valence-corrected chi connectivity index (χ2v) is 6.73. The van der Waals surface area contributed by atoms with Crippen molar-refractivity contribution in [2.24, 2.45) is 0 Å². The molecule has 0 spiro atoms. The fourth-order valence-corrected chi connectivity index (χ4v) is 3.68. The highest BCUT2D eigenvalue weighted by molar-refractivity contribution is 5.76. The molecular weight excluding hydrogens is 363 g/mol. The number of aromatic nitrogens is 5. The number of para-hydroxylation sites is 1. The van der Waals surface area contributed by atoms with Crippen molar-refractivity contribution in [1.82, 2.24) is 29.7 Å². The molecule has 0 radical (unpaired) electrons. The average molecular weight is 384 g/mol. The number of aryl methyl sites for hydroxylation is 1. The first kappa shape index (κ1) is 18.3. The molecule has 28 heavy (non-hydrogen) atoms. The van der Waals surface area contributed by atoms with Crippen LogP contribution in [0.25, 0.3) is 5.69 Å². The lowest BCUT2D eigenvalue weighted by Crippen LogP contribution is -2.45. The van der Waals surface area contributed by atoms with Crippen molar-refractivity contribution >= 4 is 5.91 Å². The summed E-state index contributed by atoms with van der Waals surface area (Å²) in [5.74, 6) is -0.421. The third kappa shape index (κ3) is 3.29. The molecule has 3 aromatic rings. The van der Waals surface area contributed by atoms with Crippen LogP contribution >= 0.6 is 0 Å². The SMILES string of the molecule is Cc1nn(-c2ccccc2F)c(C)c1[C@@H]1COCCN1C(=O)Cn1ccnn1. The third-order valence-corrected chi connectivity index (χ3v) is 4.98. The summed E-state index contributed by atoms with van der Waals surface area (Å²) in [7, 11) is 0. The van der Waals surface area contributed by atoms with Gasteiger partial charge in [-0.1, -0.05) is 17.3 Å². The maximum Gasteiger partial charge on any atom is 0.245 e. The minimum Gasteiger partial charge on any atom is -0.377 e. The number of halogens is 1. The summed E-state index contributed by atoms with van der Waals surface area (Å²) in [5, 5.41) is 12.1. The van der Waals surface area contributed by atoms with E-state index >= 15 is 0 Å². The Kier molecular flexibility index (Phi) is 4.91. The van der Waals surface area contributed by atoms with Crippen LogP contribution in [0.4, 0.5) is 4.39 Å². The number of hydrogen-bond donors (Lipinski definition) is 0. The molecule has 0 aliphatic carbocycles. The van der Waals surface area contributed by atoms with Crippen molar-refractivity contribution in [2.45, 2.75) is 26.4 Å². The molecule has 146 valence electrons. The molecule has 1 aliphatic heterocycles. The zero-order valence-corrected chi connectivity index (χ0v) is 15.7.